The first-order valence-corrected chi connectivity index (χ1v) is 23.3. The van der Waals surface area contributed by atoms with Gasteiger partial charge in [-0.3, -0.25) is 0 Å². The van der Waals surface area contributed by atoms with Gasteiger partial charge < -0.3 is 0 Å². The van der Waals surface area contributed by atoms with Crippen molar-refractivity contribution in [2.24, 2.45) is 0 Å². The molecule has 0 saturated heterocycles. The van der Waals surface area contributed by atoms with Crippen LogP contribution >= 0.6 is 14.4 Å². The number of hydrogen-bond donors (Lipinski definition) is 3. The average Bonchev–Trinajstić information content (AvgIpc) is 2.96. The Morgan fingerprint density at radius 3 is 1.12 bits per heavy atom. The van der Waals surface area contributed by atoms with E-state index in [-0.39, 0.29) is 12.5 Å². The summed E-state index contributed by atoms with van der Waals surface area (Å²) in [6.45, 7) is 6.04. The standard InChI is InChI=1S/C35H75NO5P2/c1-5-9-13-17-18-19-20-21-22-23-24-28-32-43(29-25-14-10-6-2,30-26-15-11-7-3,31-27-16-12-8-4)41-35(37)33-36-34-42(38,39)40/h36H,5-34H2,1-4H3,(H2,38,39,40). The first-order chi connectivity index (χ1) is 20.7. The summed E-state index contributed by atoms with van der Waals surface area (Å²) in [6, 6.07) is 0. The number of carbonyl (C=O) groups excluding carboxylic acids is 1. The van der Waals surface area contributed by atoms with Crippen molar-refractivity contribution in [1.82, 2.24) is 5.32 Å². The van der Waals surface area contributed by atoms with E-state index in [1.807, 2.05) is 0 Å². The molecule has 3 N–H and O–H groups in total. The molecule has 0 radical (unpaired) electrons. The van der Waals surface area contributed by atoms with Crippen LogP contribution < -0.4 is 5.32 Å². The van der Waals surface area contributed by atoms with Gasteiger partial charge in [-0.2, -0.15) is 0 Å². The molecule has 0 aliphatic carbocycles. The molecule has 43 heavy (non-hydrogen) atoms. The molecule has 0 heterocycles. The van der Waals surface area contributed by atoms with Gasteiger partial charge in [0, 0.05) is 0 Å². The summed E-state index contributed by atoms with van der Waals surface area (Å²) < 4.78 is 18.3. The Kier molecular flexibility index (Phi) is 27.2. The summed E-state index contributed by atoms with van der Waals surface area (Å²) in [4.78, 5) is 32.0. The molecule has 0 atom stereocenters. The van der Waals surface area contributed by atoms with E-state index in [9.17, 15) is 19.1 Å². The van der Waals surface area contributed by atoms with E-state index in [0.29, 0.717) is 0 Å². The predicted molar refractivity (Wildman–Crippen MR) is 191 cm³/mol. The van der Waals surface area contributed by atoms with Gasteiger partial charge in [0.15, 0.2) is 0 Å². The fourth-order valence-corrected chi connectivity index (χ4v) is 13.5. The Labute approximate surface area is 268 Å². The number of unbranched alkanes of at least 4 members (excludes halogenated alkanes) is 20. The Hall–Kier alpha value is 0.01000. The van der Waals surface area contributed by atoms with E-state index in [0.717, 1.165) is 50.3 Å². The van der Waals surface area contributed by atoms with Crippen molar-refractivity contribution in [1.29, 1.82) is 0 Å². The Morgan fingerprint density at radius 2 is 0.814 bits per heavy atom. The second-order valence-electron chi connectivity index (χ2n) is 13.5. The van der Waals surface area contributed by atoms with Gasteiger partial charge >= 0.3 is 255 Å². The second-order valence-corrected chi connectivity index (χ2v) is 20.9. The van der Waals surface area contributed by atoms with Gasteiger partial charge in [0.2, 0.25) is 0 Å². The van der Waals surface area contributed by atoms with E-state index < -0.39 is 20.7 Å². The minimum atomic E-state index is -4.22. The zero-order valence-corrected chi connectivity index (χ0v) is 31.0. The minimum absolute atomic E-state index is 0.125. The average molecular weight is 652 g/mol. The molecule has 0 aromatic carbocycles. The molecule has 0 aliphatic rings. The quantitative estimate of drug-likeness (QED) is 0.0483. The summed E-state index contributed by atoms with van der Waals surface area (Å²) in [7, 11) is -4.22. The van der Waals surface area contributed by atoms with Gasteiger partial charge in [-0.05, 0) is 0 Å². The molecule has 6 nitrogen and oxygen atoms in total. The summed E-state index contributed by atoms with van der Waals surface area (Å²) in [5.41, 5.74) is 0. The zero-order chi connectivity index (χ0) is 32.2. The fraction of sp³-hybridized carbons (Fsp3) is 0.971. The molecule has 0 aromatic rings. The molecule has 0 bridgehead atoms. The van der Waals surface area contributed by atoms with Gasteiger partial charge in [-0.25, -0.2) is 0 Å². The predicted octanol–water partition coefficient (Wildman–Crippen LogP) is 11.2. The van der Waals surface area contributed by atoms with Crippen LogP contribution in [-0.4, -0.2) is 53.2 Å². The molecular formula is C35H75NO5P2. The van der Waals surface area contributed by atoms with Crippen LogP contribution in [0, 0.1) is 0 Å². The van der Waals surface area contributed by atoms with Crippen molar-refractivity contribution in [3.05, 3.63) is 0 Å². The van der Waals surface area contributed by atoms with Crippen molar-refractivity contribution in [2.45, 2.75) is 182 Å². The molecule has 0 spiro atoms. The van der Waals surface area contributed by atoms with Crippen molar-refractivity contribution in [3.63, 3.8) is 0 Å². The van der Waals surface area contributed by atoms with Crippen LogP contribution in [0.1, 0.15) is 182 Å². The van der Waals surface area contributed by atoms with Gasteiger partial charge in [-0.1, -0.05) is 13.3 Å². The molecular weight excluding hydrogens is 576 g/mol. The van der Waals surface area contributed by atoms with E-state index in [4.69, 9.17) is 4.52 Å². The van der Waals surface area contributed by atoms with E-state index in [1.54, 1.807) is 0 Å². The van der Waals surface area contributed by atoms with Crippen LogP contribution in [-0.2, 0) is 13.9 Å². The third kappa shape index (κ3) is 23.9. The van der Waals surface area contributed by atoms with Crippen LogP contribution in [0.3, 0.4) is 0 Å². The van der Waals surface area contributed by atoms with E-state index in [1.165, 1.54) is 128 Å². The second kappa shape index (κ2) is 27.2. The third-order valence-corrected chi connectivity index (χ3v) is 16.4. The third-order valence-electron chi connectivity index (χ3n) is 9.26. The van der Waals surface area contributed by atoms with E-state index >= 15 is 0 Å². The summed E-state index contributed by atoms with van der Waals surface area (Å²) in [5.74, 6) is -0.300. The number of hydrogen-bond acceptors (Lipinski definition) is 4. The van der Waals surface area contributed by atoms with E-state index in [2.05, 4.69) is 33.0 Å². The first-order valence-electron chi connectivity index (χ1n) is 18.6. The molecule has 0 fully saturated rings. The summed E-state index contributed by atoms with van der Waals surface area (Å²) >= 11 is 0. The SMILES string of the molecule is CCCCCCCCCCCCCCP(CCCCCC)(CCCCCC)(CCCCCC)OC(=O)CNCP(=O)(O)O. The normalized spacial score (nSPS) is 13.2. The molecule has 0 unspecified atom stereocenters. The van der Waals surface area contributed by atoms with Crippen molar-refractivity contribution in [3.8, 4) is 0 Å². The summed E-state index contributed by atoms with van der Waals surface area (Å²) in [5, 5.41) is 2.69. The van der Waals surface area contributed by atoms with Crippen LogP contribution in [0.4, 0.5) is 0 Å². The maximum atomic E-state index is 13.4. The van der Waals surface area contributed by atoms with Crippen molar-refractivity contribution < 1.29 is 23.7 Å². The monoisotopic (exact) mass is 652 g/mol. The van der Waals surface area contributed by atoms with Crippen LogP contribution in [0.2, 0.25) is 0 Å². The van der Waals surface area contributed by atoms with Gasteiger partial charge in [0.1, 0.15) is 0 Å². The molecule has 0 aliphatic heterocycles. The molecule has 0 rings (SSSR count). The van der Waals surface area contributed by atoms with Gasteiger partial charge in [0.05, 0.1) is 0 Å². The Morgan fingerprint density at radius 1 is 0.535 bits per heavy atom. The topological polar surface area (TPSA) is 95.9 Å². The maximum absolute atomic E-state index is 13.4. The number of carbonyl (C=O) groups is 1. The fourth-order valence-electron chi connectivity index (χ4n) is 6.65. The molecule has 0 aromatic heterocycles. The van der Waals surface area contributed by atoms with Crippen molar-refractivity contribution >= 4 is 20.4 Å². The molecule has 0 amide bonds. The number of nitrogens with one attached hydrogen (secondary N) is 1. The Balaban J connectivity index is 5.58. The van der Waals surface area contributed by atoms with Crippen LogP contribution in [0.5, 0.6) is 0 Å². The van der Waals surface area contributed by atoms with Gasteiger partial charge in [-0.15, -0.1) is 0 Å². The number of rotatable bonds is 33. The zero-order valence-electron chi connectivity index (χ0n) is 29.2. The summed E-state index contributed by atoms with van der Waals surface area (Å²) in [6.07, 6.45) is 33.6. The first kappa shape index (κ1) is 43.0. The molecule has 8 heteroatoms. The van der Waals surface area contributed by atoms with Crippen LogP contribution in [0.15, 0.2) is 0 Å². The molecule has 260 valence electrons. The van der Waals surface area contributed by atoms with Crippen molar-refractivity contribution in [2.75, 3.05) is 37.5 Å². The van der Waals surface area contributed by atoms with Gasteiger partial charge in [0.25, 0.3) is 0 Å². The van der Waals surface area contributed by atoms with Crippen LogP contribution in [0.25, 0.3) is 0 Å². The Bertz CT molecular complexity index is 666. The molecule has 0 saturated carbocycles.